The number of carbonyl (C=O) groups is 2. The second-order valence-electron chi connectivity index (χ2n) is 7.15. The van der Waals surface area contributed by atoms with E-state index >= 15 is 0 Å². The van der Waals surface area contributed by atoms with E-state index in [0.717, 1.165) is 44.2 Å². The number of phenols is 1. The lowest BCUT2D eigenvalue weighted by Gasteiger charge is -2.27. The Labute approximate surface area is 159 Å². The SMILES string of the molecule is CCCCCC1C(c2cccc(O)c2)C(=O)C(=O)N1CCCn1ccnc1. The van der Waals surface area contributed by atoms with Gasteiger partial charge in [-0.05, 0) is 30.5 Å². The molecule has 0 saturated carbocycles. The summed E-state index contributed by atoms with van der Waals surface area (Å²) in [6, 6.07) is 6.61. The summed E-state index contributed by atoms with van der Waals surface area (Å²) in [6.45, 7) is 3.45. The lowest BCUT2D eigenvalue weighted by molar-refractivity contribution is -0.140. The van der Waals surface area contributed by atoms with Gasteiger partial charge in [0.05, 0.1) is 12.2 Å². The summed E-state index contributed by atoms with van der Waals surface area (Å²) in [6.07, 6.45) is 10.1. The molecule has 2 atom stereocenters. The highest BCUT2D eigenvalue weighted by Gasteiger charge is 2.47. The molecular weight excluding hydrogens is 342 g/mol. The fraction of sp³-hybridized carbons (Fsp3) is 0.476. The number of aromatic hydroxyl groups is 1. The zero-order valence-corrected chi connectivity index (χ0v) is 15.8. The van der Waals surface area contributed by atoms with Gasteiger partial charge in [0.15, 0.2) is 0 Å². The molecule has 1 amide bonds. The number of hydrogen-bond donors (Lipinski definition) is 1. The average Bonchev–Trinajstić information content (AvgIpc) is 3.24. The van der Waals surface area contributed by atoms with Crippen LogP contribution in [0.15, 0.2) is 43.0 Å². The van der Waals surface area contributed by atoms with Gasteiger partial charge in [0, 0.05) is 31.5 Å². The van der Waals surface area contributed by atoms with Crippen LogP contribution < -0.4 is 0 Å². The van der Waals surface area contributed by atoms with Gasteiger partial charge in [0.2, 0.25) is 5.78 Å². The number of ketones is 1. The van der Waals surface area contributed by atoms with Gasteiger partial charge in [0.25, 0.3) is 5.91 Å². The topological polar surface area (TPSA) is 75.4 Å². The first kappa shape index (κ1) is 19.1. The third kappa shape index (κ3) is 4.38. The van der Waals surface area contributed by atoms with Crippen LogP contribution >= 0.6 is 0 Å². The molecule has 3 rings (SSSR count). The number of rotatable bonds is 9. The maximum Gasteiger partial charge on any atom is 0.290 e. The Morgan fingerprint density at radius 1 is 1.15 bits per heavy atom. The van der Waals surface area contributed by atoms with Gasteiger partial charge in [0.1, 0.15) is 5.75 Å². The van der Waals surface area contributed by atoms with Gasteiger partial charge in [-0.1, -0.05) is 38.3 Å². The third-order valence-electron chi connectivity index (χ3n) is 5.25. The van der Waals surface area contributed by atoms with Gasteiger partial charge >= 0.3 is 0 Å². The zero-order chi connectivity index (χ0) is 19.2. The van der Waals surface area contributed by atoms with E-state index in [9.17, 15) is 14.7 Å². The molecular formula is C21H27N3O3. The number of nitrogens with zero attached hydrogens (tertiary/aromatic N) is 3. The number of Topliss-reactive ketones (excluding diaryl/α,β-unsaturated/α-hetero) is 1. The Bertz CT molecular complexity index is 773. The number of phenolic OH excluding ortho intramolecular Hbond substituents is 1. The first-order chi connectivity index (χ1) is 13.1. The van der Waals surface area contributed by atoms with E-state index < -0.39 is 11.8 Å². The Morgan fingerprint density at radius 3 is 2.70 bits per heavy atom. The minimum absolute atomic E-state index is 0.124. The van der Waals surface area contributed by atoms with E-state index in [2.05, 4.69) is 11.9 Å². The Morgan fingerprint density at radius 2 is 2.00 bits per heavy atom. The fourth-order valence-electron chi connectivity index (χ4n) is 3.91. The van der Waals surface area contributed by atoms with Crippen LogP contribution in [0.2, 0.25) is 0 Å². The summed E-state index contributed by atoms with van der Waals surface area (Å²) < 4.78 is 1.97. The number of imidazole rings is 1. The van der Waals surface area contributed by atoms with Crippen molar-refractivity contribution in [2.75, 3.05) is 6.54 Å². The van der Waals surface area contributed by atoms with E-state index in [1.165, 1.54) is 0 Å². The van der Waals surface area contributed by atoms with Gasteiger partial charge in [-0.25, -0.2) is 4.98 Å². The molecule has 1 aliphatic rings. The molecule has 2 heterocycles. The summed E-state index contributed by atoms with van der Waals surface area (Å²) >= 11 is 0. The predicted molar refractivity (Wildman–Crippen MR) is 102 cm³/mol. The van der Waals surface area contributed by atoms with Crippen LogP contribution in [-0.2, 0) is 16.1 Å². The number of benzene rings is 1. The van der Waals surface area contributed by atoms with Crippen molar-refractivity contribution in [2.45, 2.75) is 57.5 Å². The number of unbranched alkanes of at least 4 members (excludes halogenated alkanes) is 2. The van der Waals surface area contributed by atoms with Gasteiger partial charge in [-0.3, -0.25) is 9.59 Å². The third-order valence-corrected chi connectivity index (χ3v) is 5.25. The Kier molecular flexibility index (Phi) is 6.27. The summed E-state index contributed by atoms with van der Waals surface area (Å²) in [5.74, 6) is -1.12. The molecule has 0 radical (unpaired) electrons. The molecule has 1 aromatic heterocycles. The Balaban J connectivity index is 1.77. The standard InChI is InChI=1S/C21H27N3O3/c1-2-3-4-9-18-19(16-7-5-8-17(25)14-16)20(26)21(27)24(18)12-6-11-23-13-10-22-15-23/h5,7-8,10,13-15,18-19,25H,2-4,6,9,11-12H2,1H3. The molecule has 2 unspecified atom stereocenters. The first-order valence-electron chi connectivity index (χ1n) is 9.71. The summed E-state index contributed by atoms with van der Waals surface area (Å²) in [5.41, 5.74) is 0.729. The van der Waals surface area contributed by atoms with E-state index in [1.807, 2.05) is 16.8 Å². The van der Waals surface area contributed by atoms with Crippen molar-refractivity contribution < 1.29 is 14.7 Å². The van der Waals surface area contributed by atoms with Crippen LogP contribution in [0.1, 0.15) is 50.5 Å². The van der Waals surface area contributed by atoms with Gasteiger partial charge < -0.3 is 14.6 Å². The monoisotopic (exact) mass is 369 g/mol. The average molecular weight is 369 g/mol. The molecule has 1 fully saturated rings. The molecule has 2 aromatic rings. The van der Waals surface area contributed by atoms with Crippen LogP contribution in [0.3, 0.4) is 0 Å². The molecule has 0 spiro atoms. The number of amides is 1. The number of aromatic nitrogens is 2. The highest BCUT2D eigenvalue weighted by molar-refractivity contribution is 6.40. The lowest BCUT2D eigenvalue weighted by atomic mass is 9.87. The number of carbonyl (C=O) groups excluding carboxylic acids is 2. The van der Waals surface area contributed by atoms with Crippen LogP contribution in [0.5, 0.6) is 5.75 Å². The van der Waals surface area contributed by atoms with Crippen molar-refractivity contribution in [1.29, 1.82) is 0 Å². The van der Waals surface area contributed by atoms with E-state index in [-0.39, 0.29) is 17.6 Å². The molecule has 1 N–H and O–H groups in total. The molecule has 0 aliphatic carbocycles. The second kappa shape index (κ2) is 8.84. The highest BCUT2D eigenvalue weighted by Crippen LogP contribution is 2.36. The largest absolute Gasteiger partial charge is 0.508 e. The summed E-state index contributed by atoms with van der Waals surface area (Å²) in [5, 5.41) is 9.82. The summed E-state index contributed by atoms with van der Waals surface area (Å²) in [7, 11) is 0. The number of aryl methyl sites for hydroxylation is 1. The van der Waals surface area contributed by atoms with Crippen molar-refractivity contribution in [1.82, 2.24) is 14.5 Å². The Hall–Kier alpha value is -2.63. The molecule has 0 bridgehead atoms. The molecule has 27 heavy (non-hydrogen) atoms. The fourth-order valence-corrected chi connectivity index (χ4v) is 3.91. The minimum Gasteiger partial charge on any atom is -0.508 e. The smallest absolute Gasteiger partial charge is 0.290 e. The van der Waals surface area contributed by atoms with Gasteiger partial charge in [-0.2, -0.15) is 0 Å². The summed E-state index contributed by atoms with van der Waals surface area (Å²) in [4.78, 5) is 31.3. The molecule has 6 heteroatoms. The van der Waals surface area contributed by atoms with Crippen LogP contribution in [-0.4, -0.2) is 43.8 Å². The maximum absolute atomic E-state index is 12.8. The predicted octanol–water partition coefficient (Wildman–Crippen LogP) is 3.12. The van der Waals surface area contributed by atoms with Crippen molar-refractivity contribution in [3.05, 3.63) is 48.5 Å². The highest BCUT2D eigenvalue weighted by atomic mass is 16.3. The van der Waals surface area contributed by atoms with Crippen molar-refractivity contribution in [2.24, 2.45) is 0 Å². The second-order valence-corrected chi connectivity index (χ2v) is 7.15. The molecule has 144 valence electrons. The van der Waals surface area contributed by atoms with E-state index in [0.29, 0.717) is 6.54 Å². The molecule has 1 aromatic carbocycles. The van der Waals surface area contributed by atoms with Crippen molar-refractivity contribution >= 4 is 11.7 Å². The number of hydrogen-bond acceptors (Lipinski definition) is 4. The number of likely N-dealkylation sites (tertiary alicyclic amines) is 1. The van der Waals surface area contributed by atoms with Crippen LogP contribution in [0.4, 0.5) is 0 Å². The van der Waals surface area contributed by atoms with Gasteiger partial charge in [-0.15, -0.1) is 0 Å². The minimum atomic E-state index is -0.491. The maximum atomic E-state index is 12.8. The molecule has 1 saturated heterocycles. The van der Waals surface area contributed by atoms with Crippen LogP contribution in [0, 0.1) is 0 Å². The van der Waals surface area contributed by atoms with E-state index in [4.69, 9.17) is 0 Å². The van der Waals surface area contributed by atoms with Crippen molar-refractivity contribution in [3.8, 4) is 5.75 Å². The van der Waals surface area contributed by atoms with Crippen molar-refractivity contribution in [3.63, 3.8) is 0 Å². The first-order valence-corrected chi connectivity index (χ1v) is 9.71. The van der Waals surface area contributed by atoms with E-state index in [1.54, 1.807) is 35.6 Å². The van der Waals surface area contributed by atoms with Crippen LogP contribution in [0.25, 0.3) is 0 Å². The molecule has 6 nitrogen and oxygen atoms in total. The quantitative estimate of drug-likeness (QED) is 0.544. The lowest BCUT2D eigenvalue weighted by Crippen LogP contribution is -2.36. The molecule has 1 aliphatic heterocycles. The zero-order valence-electron chi connectivity index (χ0n) is 15.8. The normalized spacial score (nSPS) is 19.8.